The second-order valence-corrected chi connectivity index (χ2v) is 7.61. The molecule has 0 aliphatic carbocycles. The molecule has 0 N–H and O–H groups in total. The number of benzene rings is 3. The zero-order valence-electron chi connectivity index (χ0n) is 15.9. The number of hydrogen-bond donors (Lipinski definition) is 0. The van der Waals surface area contributed by atoms with E-state index in [4.69, 9.17) is 16.3 Å². The molecule has 0 aromatic heterocycles. The number of nitro groups is 1. The van der Waals surface area contributed by atoms with Gasteiger partial charge in [0.1, 0.15) is 6.61 Å². The summed E-state index contributed by atoms with van der Waals surface area (Å²) in [5, 5.41) is 30.1. The molecule has 0 unspecified atom stereocenters. The SMILES string of the molecule is N#CC(=Cc1cc(Cl)c(OCc2ccccc2C#N)c(Br)c1)c1cccc([N+](=O)[O-])c1. The summed E-state index contributed by atoms with van der Waals surface area (Å²) in [6.07, 6.45) is 1.59. The van der Waals surface area contributed by atoms with Crippen LogP contribution in [0.1, 0.15) is 22.3 Å². The third-order valence-corrected chi connectivity index (χ3v) is 5.20. The van der Waals surface area contributed by atoms with Crippen molar-refractivity contribution in [3.05, 3.63) is 103 Å². The highest BCUT2D eigenvalue weighted by Gasteiger charge is 2.13. The van der Waals surface area contributed by atoms with Crippen LogP contribution in [-0.4, -0.2) is 4.92 Å². The lowest BCUT2D eigenvalue weighted by Gasteiger charge is -2.12. The molecule has 6 nitrogen and oxygen atoms in total. The van der Waals surface area contributed by atoms with Crippen molar-refractivity contribution in [1.29, 1.82) is 10.5 Å². The topological polar surface area (TPSA) is 99.9 Å². The average Bonchev–Trinajstić information content (AvgIpc) is 2.77. The van der Waals surface area contributed by atoms with Crippen molar-refractivity contribution in [3.63, 3.8) is 0 Å². The normalized spacial score (nSPS) is 10.8. The Morgan fingerprint density at radius 1 is 1.16 bits per heavy atom. The molecule has 0 saturated carbocycles. The highest BCUT2D eigenvalue weighted by atomic mass is 79.9. The van der Waals surface area contributed by atoms with Crippen LogP contribution in [-0.2, 0) is 6.61 Å². The number of ether oxygens (including phenoxy) is 1. The summed E-state index contributed by atoms with van der Waals surface area (Å²) in [5.41, 5.74) is 2.45. The lowest BCUT2D eigenvalue weighted by atomic mass is 10.0. The average molecular weight is 495 g/mol. The smallest absolute Gasteiger partial charge is 0.270 e. The zero-order valence-corrected chi connectivity index (χ0v) is 18.2. The van der Waals surface area contributed by atoms with Crippen LogP contribution in [0.2, 0.25) is 5.02 Å². The van der Waals surface area contributed by atoms with Gasteiger partial charge in [0.2, 0.25) is 0 Å². The Kier molecular flexibility index (Phi) is 7.04. The van der Waals surface area contributed by atoms with Gasteiger partial charge in [0.25, 0.3) is 5.69 Å². The van der Waals surface area contributed by atoms with Gasteiger partial charge in [-0.1, -0.05) is 41.9 Å². The van der Waals surface area contributed by atoms with Crippen molar-refractivity contribution in [2.45, 2.75) is 6.61 Å². The monoisotopic (exact) mass is 493 g/mol. The Labute approximate surface area is 191 Å². The van der Waals surface area contributed by atoms with Gasteiger partial charge in [0, 0.05) is 17.7 Å². The van der Waals surface area contributed by atoms with Gasteiger partial charge in [-0.25, -0.2) is 0 Å². The van der Waals surface area contributed by atoms with Gasteiger partial charge in [-0.2, -0.15) is 10.5 Å². The summed E-state index contributed by atoms with van der Waals surface area (Å²) in [7, 11) is 0. The van der Waals surface area contributed by atoms with Crippen LogP contribution >= 0.6 is 27.5 Å². The van der Waals surface area contributed by atoms with E-state index in [0.717, 1.165) is 5.56 Å². The number of hydrogen-bond acceptors (Lipinski definition) is 5. The molecule has 0 bridgehead atoms. The van der Waals surface area contributed by atoms with Crippen molar-refractivity contribution in [2.75, 3.05) is 0 Å². The summed E-state index contributed by atoms with van der Waals surface area (Å²) in [6.45, 7) is 0.161. The van der Waals surface area contributed by atoms with Gasteiger partial charge >= 0.3 is 0 Å². The first kappa shape index (κ1) is 22.0. The predicted octanol–water partition coefficient (Wildman–Crippen LogP) is 6.53. The van der Waals surface area contributed by atoms with Crippen molar-refractivity contribution in [1.82, 2.24) is 0 Å². The Morgan fingerprint density at radius 2 is 1.94 bits per heavy atom. The second-order valence-electron chi connectivity index (χ2n) is 6.35. The number of halogens is 2. The summed E-state index contributed by atoms with van der Waals surface area (Å²) in [4.78, 5) is 10.5. The number of nitriles is 2. The molecule has 0 spiro atoms. The molecule has 0 aliphatic heterocycles. The van der Waals surface area contributed by atoms with Crippen LogP contribution in [0.3, 0.4) is 0 Å². The summed E-state index contributed by atoms with van der Waals surface area (Å²) in [6, 6.07) is 20.5. The third kappa shape index (κ3) is 5.29. The summed E-state index contributed by atoms with van der Waals surface area (Å²) < 4.78 is 6.39. The highest BCUT2D eigenvalue weighted by molar-refractivity contribution is 9.10. The summed E-state index contributed by atoms with van der Waals surface area (Å²) in [5.74, 6) is 0.403. The minimum absolute atomic E-state index is 0.0979. The number of rotatable bonds is 6. The molecular formula is C23H13BrClN3O3. The Bertz CT molecular complexity index is 1250. The molecule has 0 saturated heterocycles. The van der Waals surface area contributed by atoms with Gasteiger partial charge in [0.05, 0.1) is 37.7 Å². The quantitative estimate of drug-likeness (QED) is 0.168. The minimum atomic E-state index is -0.511. The maximum absolute atomic E-state index is 11.0. The minimum Gasteiger partial charge on any atom is -0.486 e. The molecule has 0 aliphatic rings. The second kappa shape index (κ2) is 9.90. The number of nitrogens with zero attached hydrogens (tertiary/aromatic N) is 3. The van der Waals surface area contributed by atoms with Crippen LogP contribution in [0.25, 0.3) is 11.6 Å². The van der Waals surface area contributed by atoms with Crippen LogP contribution in [0.5, 0.6) is 5.75 Å². The van der Waals surface area contributed by atoms with Crippen LogP contribution in [0, 0.1) is 32.8 Å². The van der Waals surface area contributed by atoms with E-state index >= 15 is 0 Å². The number of nitro benzene ring substituents is 1. The van der Waals surface area contributed by atoms with E-state index in [1.54, 1.807) is 42.5 Å². The van der Waals surface area contributed by atoms with Crippen molar-refractivity contribution < 1.29 is 9.66 Å². The zero-order chi connectivity index (χ0) is 22.4. The maximum atomic E-state index is 11.0. The van der Waals surface area contributed by atoms with Crippen molar-refractivity contribution in [3.8, 4) is 17.9 Å². The van der Waals surface area contributed by atoms with Crippen molar-refractivity contribution in [2.24, 2.45) is 0 Å². The van der Waals surface area contributed by atoms with E-state index < -0.39 is 4.92 Å². The molecule has 31 heavy (non-hydrogen) atoms. The van der Waals surface area contributed by atoms with Gasteiger partial charge < -0.3 is 4.74 Å². The third-order valence-electron chi connectivity index (χ3n) is 4.33. The van der Waals surface area contributed by atoms with Gasteiger partial charge in [-0.15, -0.1) is 0 Å². The van der Waals surface area contributed by atoms with E-state index in [2.05, 4.69) is 28.1 Å². The first-order valence-electron chi connectivity index (χ1n) is 8.89. The lowest BCUT2D eigenvalue weighted by molar-refractivity contribution is -0.384. The molecule has 3 aromatic rings. The van der Waals surface area contributed by atoms with Crippen LogP contribution < -0.4 is 4.74 Å². The first-order chi connectivity index (χ1) is 14.9. The molecule has 0 fully saturated rings. The molecule has 8 heteroatoms. The molecule has 152 valence electrons. The van der Waals surface area contributed by atoms with E-state index in [1.165, 1.54) is 18.2 Å². The van der Waals surface area contributed by atoms with Gasteiger partial charge in [0.15, 0.2) is 5.75 Å². The number of allylic oxidation sites excluding steroid dienone is 1. The first-order valence-corrected chi connectivity index (χ1v) is 10.1. The summed E-state index contributed by atoms with van der Waals surface area (Å²) >= 11 is 9.82. The number of non-ortho nitro benzene ring substituents is 1. The molecule has 0 atom stereocenters. The van der Waals surface area contributed by atoms with Crippen LogP contribution in [0.15, 0.2) is 65.1 Å². The Morgan fingerprint density at radius 3 is 2.61 bits per heavy atom. The molecule has 0 amide bonds. The van der Waals surface area contributed by atoms with Gasteiger partial charge in [-0.3, -0.25) is 10.1 Å². The Balaban J connectivity index is 1.89. The van der Waals surface area contributed by atoms with Gasteiger partial charge in [-0.05, 0) is 51.3 Å². The molecular weight excluding hydrogens is 482 g/mol. The molecule has 3 rings (SSSR count). The molecule has 3 aromatic carbocycles. The van der Waals surface area contributed by atoms with E-state index in [0.29, 0.717) is 31.9 Å². The van der Waals surface area contributed by atoms with Crippen molar-refractivity contribution >= 4 is 44.9 Å². The van der Waals surface area contributed by atoms with E-state index in [1.807, 2.05) is 6.07 Å². The fraction of sp³-hybridized carbons (Fsp3) is 0.0435. The van der Waals surface area contributed by atoms with E-state index in [-0.39, 0.29) is 17.9 Å². The molecule has 0 heterocycles. The van der Waals surface area contributed by atoms with Crippen LogP contribution in [0.4, 0.5) is 5.69 Å². The fourth-order valence-electron chi connectivity index (χ4n) is 2.84. The highest BCUT2D eigenvalue weighted by Crippen LogP contribution is 2.36. The predicted molar refractivity (Wildman–Crippen MR) is 121 cm³/mol. The fourth-order valence-corrected chi connectivity index (χ4v) is 3.83. The maximum Gasteiger partial charge on any atom is 0.270 e. The lowest BCUT2D eigenvalue weighted by Crippen LogP contribution is -1.99. The standard InChI is InChI=1S/C23H13BrClN3O3/c24-21-9-15(8-19(13-27)16-6-3-7-20(11-16)28(29)30)10-22(25)23(21)31-14-18-5-2-1-4-17(18)12-26/h1-11H,14H2. The largest absolute Gasteiger partial charge is 0.486 e. The Hall–Kier alpha value is -3.65. The molecule has 0 radical (unpaired) electrons. The van der Waals surface area contributed by atoms with E-state index in [9.17, 15) is 20.6 Å².